The van der Waals surface area contributed by atoms with Gasteiger partial charge in [-0.1, -0.05) is 0 Å². The maximum Gasteiger partial charge on any atom is 0.200 e. The van der Waals surface area contributed by atoms with Gasteiger partial charge in [0.05, 0.1) is 6.04 Å². The molecule has 0 N–H and O–H groups in total. The third kappa shape index (κ3) is 1.81. The van der Waals surface area contributed by atoms with Gasteiger partial charge in [0.25, 0.3) is 0 Å². The van der Waals surface area contributed by atoms with Crippen molar-refractivity contribution in [2.45, 2.75) is 32.2 Å². The fourth-order valence-electron chi connectivity index (χ4n) is 2.42. The van der Waals surface area contributed by atoms with Crippen molar-refractivity contribution in [3.05, 3.63) is 12.1 Å². The van der Waals surface area contributed by atoms with Gasteiger partial charge in [-0.2, -0.15) is 0 Å². The number of hydrogen-bond donors (Lipinski definition) is 0. The summed E-state index contributed by atoms with van der Waals surface area (Å²) in [5.74, 6) is 0.947. The van der Waals surface area contributed by atoms with Crippen LogP contribution in [0, 0.1) is 0 Å². The van der Waals surface area contributed by atoms with Gasteiger partial charge in [-0.3, -0.25) is 4.79 Å². The Kier molecular flexibility index (Phi) is 2.66. The van der Waals surface area contributed by atoms with E-state index in [2.05, 4.69) is 20.6 Å². The van der Waals surface area contributed by atoms with Crippen LogP contribution < -0.4 is 4.90 Å². The van der Waals surface area contributed by atoms with Gasteiger partial charge < -0.3 is 4.90 Å². The smallest absolute Gasteiger partial charge is 0.200 e. The van der Waals surface area contributed by atoms with E-state index in [1.54, 1.807) is 6.92 Å². The van der Waals surface area contributed by atoms with Crippen molar-refractivity contribution in [3.63, 3.8) is 0 Å². The molecule has 0 aromatic carbocycles. The van der Waals surface area contributed by atoms with E-state index in [-0.39, 0.29) is 11.8 Å². The van der Waals surface area contributed by atoms with Gasteiger partial charge in [-0.25, -0.2) is 0 Å². The molecule has 94 valence electrons. The van der Waals surface area contributed by atoms with Gasteiger partial charge in [-0.15, -0.1) is 14.8 Å². The standard InChI is InChI=1S/C11H14N6O/c1-8(18)9-4-2-3-7-16(9)11-6-5-10-12-14-15-17(10)13-11/h5-6,9H,2-4,7H2,1H3. The summed E-state index contributed by atoms with van der Waals surface area (Å²) in [7, 11) is 0. The number of carbonyl (C=O) groups is 1. The minimum absolute atomic E-state index is 0.0693. The van der Waals surface area contributed by atoms with E-state index in [0.717, 1.165) is 31.6 Å². The van der Waals surface area contributed by atoms with Crippen LogP contribution in [-0.2, 0) is 4.79 Å². The molecule has 2 aromatic heterocycles. The minimum Gasteiger partial charge on any atom is -0.345 e. The third-order valence-electron chi connectivity index (χ3n) is 3.32. The van der Waals surface area contributed by atoms with Crippen molar-refractivity contribution in [3.8, 4) is 0 Å². The van der Waals surface area contributed by atoms with Gasteiger partial charge in [0.1, 0.15) is 0 Å². The summed E-state index contributed by atoms with van der Waals surface area (Å²) in [6.07, 6.45) is 3.07. The molecule has 1 unspecified atom stereocenters. The highest BCUT2D eigenvalue weighted by Crippen LogP contribution is 2.23. The summed E-state index contributed by atoms with van der Waals surface area (Å²) < 4.78 is 1.39. The van der Waals surface area contributed by atoms with E-state index in [0.29, 0.717) is 5.65 Å². The van der Waals surface area contributed by atoms with Gasteiger partial charge in [0, 0.05) is 6.54 Å². The molecular weight excluding hydrogens is 232 g/mol. The van der Waals surface area contributed by atoms with Gasteiger partial charge in [-0.05, 0) is 48.7 Å². The molecule has 1 aliphatic heterocycles. The van der Waals surface area contributed by atoms with E-state index in [1.807, 2.05) is 17.0 Å². The second kappa shape index (κ2) is 4.32. The van der Waals surface area contributed by atoms with Crippen LogP contribution in [0.1, 0.15) is 26.2 Å². The summed E-state index contributed by atoms with van der Waals surface area (Å²) in [6.45, 7) is 2.49. The zero-order chi connectivity index (χ0) is 12.5. The van der Waals surface area contributed by atoms with Crippen molar-refractivity contribution in [2.24, 2.45) is 0 Å². The molecule has 0 amide bonds. The highest BCUT2D eigenvalue weighted by atomic mass is 16.1. The monoisotopic (exact) mass is 246 g/mol. The predicted octanol–water partition coefficient (Wildman–Crippen LogP) is 0.467. The van der Waals surface area contributed by atoms with E-state index in [4.69, 9.17) is 0 Å². The number of fused-ring (bicyclic) bond motifs is 1. The van der Waals surface area contributed by atoms with Crippen molar-refractivity contribution < 1.29 is 4.79 Å². The maximum absolute atomic E-state index is 11.7. The number of piperidine rings is 1. The molecule has 1 aliphatic rings. The molecule has 2 aromatic rings. The Bertz CT molecular complexity index is 580. The van der Waals surface area contributed by atoms with E-state index >= 15 is 0 Å². The van der Waals surface area contributed by atoms with Crippen LogP contribution in [0.2, 0.25) is 0 Å². The van der Waals surface area contributed by atoms with Gasteiger partial charge in [0.2, 0.25) is 0 Å². The molecule has 0 radical (unpaired) electrons. The number of rotatable bonds is 2. The Balaban J connectivity index is 1.97. The fraction of sp³-hybridized carbons (Fsp3) is 0.545. The first-order chi connectivity index (χ1) is 8.75. The lowest BCUT2D eigenvalue weighted by molar-refractivity contribution is -0.118. The number of carbonyl (C=O) groups excluding carboxylic acids is 1. The third-order valence-corrected chi connectivity index (χ3v) is 3.32. The molecule has 3 heterocycles. The summed E-state index contributed by atoms with van der Waals surface area (Å²) in [5, 5.41) is 15.5. The Morgan fingerprint density at radius 1 is 1.39 bits per heavy atom. The summed E-state index contributed by atoms with van der Waals surface area (Å²) in [6, 6.07) is 3.61. The number of Topliss-reactive ketones (excluding diaryl/α,β-unsaturated/α-hetero) is 1. The zero-order valence-corrected chi connectivity index (χ0v) is 10.2. The second-order valence-corrected chi connectivity index (χ2v) is 4.53. The largest absolute Gasteiger partial charge is 0.345 e. The van der Waals surface area contributed by atoms with Crippen LogP contribution >= 0.6 is 0 Å². The molecular formula is C11H14N6O. The van der Waals surface area contributed by atoms with Crippen LogP contribution in [0.5, 0.6) is 0 Å². The lowest BCUT2D eigenvalue weighted by atomic mass is 9.99. The lowest BCUT2D eigenvalue weighted by Gasteiger charge is -2.34. The number of tetrazole rings is 1. The van der Waals surface area contributed by atoms with Gasteiger partial charge >= 0.3 is 0 Å². The van der Waals surface area contributed by atoms with Crippen molar-refractivity contribution in [1.29, 1.82) is 0 Å². The fourth-order valence-corrected chi connectivity index (χ4v) is 2.42. The summed E-state index contributed by atoms with van der Waals surface area (Å²) in [5.41, 5.74) is 0.607. The Morgan fingerprint density at radius 2 is 2.28 bits per heavy atom. The van der Waals surface area contributed by atoms with Crippen molar-refractivity contribution >= 4 is 17.2 Å². The number of anilines is 1. The number of aromatic nitrogens is 5. The molecule has 0 spiro atoms. The Hall–Kier alpha value is -2.05. The van der Waals surface area contributed by atoms with Gasteiger partial charge in [0.15, 0.2) is 17.2 Å². The predicted molar refractivity (Wildman–Crippen MR) is 64.2 cm³/mol. The second-order valence-electron chi connectivity index (χ2n) is 4.53. The number of nitrogens with zero attached hydrogens (tertiary/aromatic N) is 6. The summed E-state index contributed by atoms with van der Waals surface area (Å²) >= 11 is 0. The molecule has 0 aliphatic carbocycles. The Labute approximate surface area is 104 Å². The highest BCUT2D eigenvalue weighted by Gasteiger charge is 2.27. The number of ketones is 1. The minimum atomic E-state index is -0.0693. The zero-order valence-electron chi connectivity index (χ0n) is 10.2. The first-order valence-electron chi connectivity index (χ1n) is 6.08. The molecule has 0 saturated carbocycles. The van der Waals surface area contributed by atoms with Crippen molar-refractivity contribution in [2.75, 3.05) is 11.4 Å². The summed E-state index contributed by atoms with van der Waals surface area (Å²) in [4.78, 5) is 13.7. The first kappa shape index (κ1) is 11.1. The molecule has 3 rings (SSSR count). The van der Waals surface area contributed by atoms with Crippen LogP contribution in [0.4, 0.5) is 5.82 Å². The molecule has 1 fully saturated rings. The molecule has 1 atom stereocenters. The Morgan fingerprint density at radius 3 is 3.11 bits per heavy atom. The number of hydrogen-bond acceptors (Lipinski definition) is 6. The maximum atomic E-state index is 11.7. The van der Waals surface area contributed by atoms with E-state index < -0.39 is 0 Å². The van der Waals surface area contributed by atoms with E-state index in [1.165, 1.54) is 4.63 Å². The van der Waals surface area contributed by atoms with Crippen molar-refractivity contribution in [1.82, 2.24) is 25.3 Å². The average Bonchev–Trinajstić information content (AvgIpc) is 2.85. The van der Waals surface area contributed by atoms with Crippen LogP contribution in [0.25, 0.3) is 5.65 Å². The molecule has 18 heavy (non-hydrogen) atoms. The molecule has 1 saturated heterocycles. The topological polar surface area (TPSA) is 76.3 Å². The molecule has 7 nitrogen and oxygen atoms in total. The molecule has 0 bridgehead atoms. The lowest BCUT2D eigenvalue weighted by Crippen LogP contribution is -2.44. The normalized spacial score (nSPS) is 20.3. The van der Waals surface area contributed by atoms with E-state index in [9.17, 15) is 4.79 Å². The quantitative estimate of drug-likeness (QED) is 0.766. The van der Waals surface area contributed by atoms with Crippen LogP contribution in [0.3, 0.4) is 0 Å². The van der Waals surface area contributed by atoms with Crippen LogP contribution in [-0.4, -0.2) is 43.6 Å². The first-order valence-corrected chi connectivity index (χ1v) is 6.08. The SMILES string of the molecule is CC(=O)C1CCCCN1c1ccc2nnnn2n1. The molecule has 7 heteroatoms. The average molecular weight is 246 g/mol. The highest BCUT2D eigenvalue weighted by molar-refractivity contribution is 5.84. The van der Waals surface area contributed by atoms with Crippen LogP contribution in [0.15, 0.2) is 12.1 Å².